The number of ether oxygens (including phenoxy) is 1. The van der Waals surface area contributed by atoms with Crippen molar-refractivity contribution in [2.45, 2.75) is 6.54 Å². The van der Waals surface area contributed by atoms with Crippen LogP contribution in [0.5, 0.6) is 5.75 Å². The lowest BCUT2D eigenvalue weighted by molar-refractivity contribution is -0.131. The van der Waals surface area contributed by atoms with Crippen LogP contribution < -0.4 is 4.74 Å². The summed E-state index contributed by atoms with van der Waals surface area (Å²) in [6.07, 6.45) is 7.38. The Labute approximate surface area is 114 Å². The van der Waals surface area contributed by atoms with Gasteiger partial charge in [0.1, 0.15) is 18.2 Å². The zero-order valence-corrected chi connectivity index (χ0v) is 10.6. The van der Waals surface area contributed by atoms with Gasteiger partial charge in [-0.2, -0.15) is 0 Å². The van der Waals surface area contributed by atoms with E-state index >= 15 is 0 Å². The van der Waals surface area contributed by atoms with Gasteiger partial charge in [-0.1, -0.05) is 0 Å². The fourth-order valence-corrected chi connectivity index (χ4v) is 1.62. The van der Waals surface area contributed by atoms with Crippen molar-refractivity contribution in [3.05, 3.63) is 54.4 Å². The summed E-state index contributed by atoms with van der Waals surface area (Å²) in [6, 6.07) is 3.97. The maximum Gasteiger partial charge on any atom is 0.328 e. The number of hydrogen-bond acceptors (Lipinski definition) is 3. The highest BCUT2D eigenvalue weighted by molar-refractivity contribution is 5.85. The highest BCUT2D eigenvalue weighted by atomic mass is 19.1. The quantitative estimate of drug-likeness (QED) is 0.821. The molecule has 2 aromatic rings. The molecule has 5 nitrogen and oxygen atoms in total. The molecular weight excluding hydrogens is 263 g/mol. The highest BCUT2D eigenvalue weighted by Crippen LogP contribution is 2.21. The van der Waals surface area contributed by atoms with Crippen molar-refractivity contribution in [1.82, 2.24) is 9.55 Å². The molecule has 1 heterocycles. The van der Waals surface area contributed by atoms with Gasteiger partial charge in [-0.05, 0) is 24.3 Å². The summed E-state index contributed by atoms with van der Waals surface area (Å²) in [5.41, 5.74) is 0.387. The fourth-order valence-electron chi connectivity index (χ4n) is 1.62. The van der Waals surface area contributed by atoms with Gasteiger partial charge in [0.2, 0.25) is 0 Å². The second kappa shape index (κ2) is 6.51. The van der Waals surface area contributed by atoms with E-state index in [4.69, 9.17) is 9.84 Å². The van der Waals surface area contributed by atoms with Gasteiger partial charge in [0, 0.05) is 24.0 Å². The van der Waals surface area contributed by atoms with Crippen molar-refractivity contribution in [3.63, 3.8) is 0 Å². The van der Waals surface area contributed by atoms with E-state index in [1.807, 2.05) is 4.57 Å². The van der Waals surface area contributed by atoms with E-state index in [1.165, 1.54) is 24.3 Å². The maximum atomic E-state index is 13.2. The van der Waals surface area contributed by atoms with Gasteiger partial charge in [0.25, 0.3) is 0 Å². The topological polar surface area (TPSA) is 64.3 Å². The molecule has 104 valence electrons. The van der Waals surface area contributed by atoms with Crippen LogP contribution in [0.15, 0.2) is 43.0 Å². The SMILES string of the molecule is O=C(O)/C=C/c1cc(F)ccc1OCCn1ccnc1. The first kappa shape index (κ1) is 13.8. The third kappa shape index (κ3) is 3.94. The van der Waals surface area contributed by atoms with E-state index in [9.17, 15) is 9.18 Å². The van der Waals surface area contributed by atoms with Crippen molar-refractivity contribution in [2.24, 2.45) is 0 Å². The lowest BCUT2D eigenvalue weighted by Crippen LogP contribution is -2.07. The largest absolute Gasteiger partial charge is 0.491 e. The van der Waals surface area contributed by atoms with Crippen LogP contribution in [-0.4, -0.2) is 27.2 Å². The molecule has 0 aliphatic carbocycles. The van der Waals surface area contributed by atoms with Crippen LogP contribution in [-0.2, 0) is 11.3 Å². The molecule has 0 unspecified atom stereocenters. The van der Waals surface area contributed by atoms with E-state index in [0.29, 0.717) is 24.5 Å². The Hall–Kier alpha value is -2.63. The van der Waals surface area contributed by atoms with E-state index in [2.05, 4.69) is 4.98 Å². The summed E-state index contributed by atoms with van der Waals surface area (Å²) >= 11 is 0. The molecule has 0 saturated heterocycles. The van der Waals surface area contributed by atoms with Gasteiger partial charge >= 0.3 is 5.97 Å². The molecule has 0 amide bonds. The molecule has 0 aliphatic heterocycles. The molecule has 0 spiro atoms. The third-order valence-electron chi connectivity index (χ3n) is 2.54. The zero-order valence-electron chi connectivity index (χ0n) is 10.6. The Balaban J connectivity index is 2.04. The summed E-state index contributed by atoms with van der Waals surface area (Å²) < 4.78 is 20.5. The number of carboxylic acids is 1. The monoisotopic (exact) mass is 276 g/mol. The molecule has 0 bridgehead atoms. The average Bonchev–Trinajstić information content (AvgIpc) is 2.91. The molecule has 0 fully saturated rings. The minimum Gasteiger partial charge on any atom is -0.491 e. The number of rotatable bonds is 6. The number of aliphatic carboxylic acids is 1. The Morgan fingerprint density at radius 2 is 2.35 bits per heavy atom. The molecule has 1 N–H and O–H groups in total. The summed E-state index contributed by atoms with van der Waals surface area (Å²) in [5, 5.41) is 8.60. The minimum absolute atomic E-state index is 0.371. The Kier molecular flexibility index (Phi) is 4.49. The summed E-state index contributed by atoms with van der Waals surface area (Å²) in [4.78, 5) is 14.4. The van der Waals surface area contributed by atoms with Gasteiger partial charge in [-0.3, -0.25) is 0 Å². The summed E-state index contributed by atoms with van der Waals surface area (Å²) in [7, 11) is 0. The molecule has 2 rings (SSSR count). The summed E-state index contributed by atoms with van der Waals surface area (Å²) in [5.74, 6) is -1.11. The van der Waals surface area contributed by atoms with Gasteiger partial charge in [-0.15, -0.1) is 0 Å². The minimum atomic E-state index is -1.10. The molecule has 0 saturated carbocycles. The first-order valence-corrected chi connectivity index (χ1v) is 5.94. The van der Waals surface area contributed by atoms with Crippen molar-refractivity contribution in [1.29, 1.82) is 0 Å². The number of halogens is 1. The Bertz CT molecular complexity index is 609. The zero-order chi connectivity index (χ0) is 14.4. The van der Waals surface area contributed by atoms with Crippen molar-refractivity contribution in [2.75, 3.05) is 6.61 Å². The van der Waals surface area contributed by atoms with Crippen LogP contribution >= 0.6 is 0 Å². The molecule has 6 heteroatoms. The normalized spacial score (nSPS) is 10.8. The molecular formula is C14H13FN2O3. The van der Waals surface area contributed by atoms with Gasteiger partial charge < -0.3 is 14.4 Å². The molecule has 0 atom stereocenters. The number of hydrogen-bond donors (Lipinski definition) is 1. The van der Waals surface area contributed by atoms with Crippen LogP contribution in [0.1, 0.15) is 5.56 Å². The number of carboxylic acid groups (broad SMARTS) is 1. The average molecular weight is 276 g/mol. The Morgan fingerprint density at radius 3 is 3.05 bits per heavy atom. The van der Waals surface area contributed by atoms with Crippen LogP contribution in [0.4, 0.5) is 4.39 Å². The second-order valence-electron chi connectivity index (χ2n) is 4.00. The smallest absolute Gasteiger partial charge is 0.328 e. The van der Waals surface area contributed by atoms with Crippen LogP contribution in [0.25, 0.3) is 6.08 Å². The number of aromatic nitrogens is 2. The molecule has 1 aromatic heterocycles. The summed E-state index contributed by atoms with van der Waals surface area (Å²) in [6.45, 7) is 0.968. The van der Waals surface area contributed by atoms with E-state index in [0.717, 1.165) is 6.08 Å². The molecule has 20 heavy (non-hydrogen) atoms. The van der Waals surface area contributed by atoms with Crippen LogP contribution in [0.3, 0.4) is 0 Å². The van der Waals surface area contributed by atoms with E-state index in [-0.39, 0.29) is 0 Å². The van der Waals surface area contributed by atoms with Crippen LogP contribution in [0, 0.1) is 5.82 Å². The third-order valence-corrected chi connectivity index (χ3v) is 2.54. The molecule has 0 radical (unpaired) electrons. The standard InChI is InChI=1S/C14H13FN2O3/c15-12-2-3-13(11(9-12)1-4-14(18)19)20-8-7-17-6-5-16-10-17/h1-6,9-10H,7-8H2,(H,18,19)/b4-1+. The predicted octanol–water partition coefficient (Wildman–Crippen LogP) is 2.20. The first-order valence-electron chi connectivity index (χ1n) is 5.94. The van der Waals surface area contributed by atoms with E-state index < -0.39 is 11.8 Å². The van der Waals surface area contributed by atoms with Crippen molar-refractivity contribution in [3.8, 4) is 5.75 Å². The number of carbonyl (C=O) groups is 1. The van der Waals surface area contributed by atoms with Gasteiger partial charge in [0.05, 0.1) is 12.9 Å². The second-order valence-corrected chi connectivity index (χ2v) is 4.00. The van der Waals surface area contributed by atoms with E-state index in [1.54, 1.807) is 18.7 Å². The van der Waals surface area contributed by atoms with Crippen LogP contribution in [0.2, 0.25) is 0 Å². The fraction of sp³-hybridized carbons (Fsp3) is 0.143. The number of benzene rings is 1. The van der Waals surface area contributed by atoms with Crippen molar-refractivity contribution >= 4 is 12.0 Å². The molecule has 1 aromatic carbocycles. The lowest BCUT2D eigenvalue weighted by Gasteiger charge is -2.09. The van der Waals surface area contributed by atoms with Crippen molar-refractivity contribution < 1.29 is 19.0 Å². The number of nitrogens with zero attached hydrogens (tertiary/aromatic N) is 2. The highest BCUT2D eigenvalue weighted by Gasteiger charge is 2.04. The first-order chi connectivity index (χ1) is 9.65. The molecule has 0 aliphatic rings. The predicted molar refractivity (Wildman–Crippen MR) is 70.8 cm³/mol. The lowest BCUT2D eigenvalue weighted by atomic mass is 10.2. The Morgan fingerprint density at radius 1 is 1.50 bits per heavy atom. The maximum absolute atomic E-state index is 13.2. The van der Waals surface area contributed by atoms with Gasteiger partial charge in [-0.25, -0.2) is 14.2 Å². The number of imidazole rings is 1. The van der Waals surface area contributed by atoms with Gasteiger partial charge in [0.15, 0.2) is 0 Å².